The van der Waals surface area contributed by atoms with Crippen molar-refractivity contribution in [3.8, 4) is 45.0 Å². The molecular formula is C50H41N11O6. The predicted molar refractivity (Wildman–Crippen MR) is 245 cm³/mol. The van der Waals surface area contributed by atoms with Gasteiger partial charge in [0, 0.05) is 90.5 Å². The van der Waals surface area contributed by atoms with Crippen molar-refractivity contribution in [1.29, 1.82) is 0 Å². The second-order valence-corrected chi connectivity index (χ2v) is 17.8. The average molecular weight is 892 g/mol. The van der Waals surface area contributed by atoms with Crippen LogP contribution in [0.4, 0.5) is 0 Å². The van der Waals surface area contributed by atoms with E-state index in [4.69, 9.17) is 15.0 Å². The van der Waals surface area contributed by atoms with Gasteiger partial charge < -0.3 is 28.5 Å². The Kier molecular flexibility index (Phi) is 9.00. The van der Waals surface area contributed by atoms with Crippen LogP contribution in [-0.2, 0) is 52.9 Å². The number of nitrogens with zero attached hydrogens (tertiary/aromatic N) is 8. The minimum Gasteiger partial charge on any atom is -0.361 e. The molecule has 17 heteroatoms. The fourth-order valence-corrected chi connectivity index (χ4v) is 10.4. The van der Waals surface area contributed by atoms with Crippen molar-refractivity contribution in [2.75, 3.05) is 0 Å². The first-order valence-electron chi connectivity index (χ1n) is 22.1. The van der Waals surface area contributed by atoms with Crippen molar-refractivity contribution in [3.05, 3.63) is 126 Å². The summed E-state index contributed by atoms with van der Waals surface area (Å²) in [4.78, 5) is 96.5. The highest BCUT2D eigenvalue weighted by Gasteiger charge is 2.41. The van der Waals surface area contributed by atoms with Crippen molar-refractivity contribution in [3.63, 3.8) is 0 Å². The van der Waals surface area contributed by atoms with Crippen molar-refractivity contribution >= 4 is 57.4 Å². The summed E-state index contributed by atoms with van der Waals surface area (Å²) >= 11 is 0. The molecule has 2 unspecified atom stereocenters. The molecule has 8 heterocycles. The number of aryl methyl sites for hydroxylation is 2. The molecular weight excluding hydrogens is 851 g/mol. The number of imide groups is 2. The number of carbonyl (C=O) groups is 6. The molecule has 12 rings (SSSR count). The number of rotatable bonds is 8. The van der Waals surface area contributed by atoms with E-state index in [1.54, 1.807) is 34.6 Å². The van der Waals surface area contributed by atoms with E-state index in [0.717, 1.165) is 83.7 Å². The number of benzene rings is 4. The fourth-order valence-electron chi connectivity index (χ4n) is 10.4. The van der Waals surface area contributed by atoms with Gasteiger partial charge in [-0.05, 0) is 72.0 Å². The number of piperidine rings is 2. The molecule has 332 valence electrons. The molecule has 8 aromatic rings. The second-order valence-electron chi connectivity index (χ2n) is 17.8. The molecule has 4 aromatic heterocycles. The summed E-state index contributed by atoms with van der Waals surface area (Å²) in [7, 11) is 3.91. The Morgan fingerprint density at radius 2 is 1.13 bits per heavy atom. The lowest BCUT2D eigenvalue weighted by molar-refractivity contribution is -0.138. The summed E-state index contributed by atoms with van der Waals surface area (Å²) in [6, 6.07) is 22.5. The Labute approximate surface area is 381 Å². The van der Waals surface area contributed by atoms with Gasteiger partial charge in [0.05, 0.1) is 59.3 Å². The van der Waals surface area contributed by atoms with Crippen LogP contribution in [0.2, 0.25) is 0 Å². The summed E-state index contributed by atoms with van der Waals surface area (Å²) in [5.74, 6) is -1.93. The van der Waals surface area contributed by atoms with Gasteiger partial charge in [-0.3, -0.25) is 39.4 Å². The van der Waals surface area contributed by atoms with Gasteiger partial charge in [-0.15, -0.1) is 0 Å². The SMILES string of the molecule is Cn1cnc(-c2ccc3c(c2)CN(C2CCC(=O)NC2=O)C3=O)c1-c1ccc2c(c1)ncn2Cc1c[nH]c2cc(-c3c(-c4ccc5c(c4)CN(C4CCC(=O)NC4=O)C5=O)ncn3C)ccc12. The number of aromatic nitrogens is 7. The highest BCUT2D eigenvalue weighted by molar-refractivity contribution is 6.07. The quantitative estimate of drug-likeness (QED) is 0.171. The highest BCUT2D eigenvalue weighted by Crippen LogP contribution is 2.38. The highest BCUT2D eigenvalue weighted by atomic mass is 16.2. The maximum Gasteiger partial charge on any atom is 0.255 e. The summed E-state index contributed by atoms with van der Waals surface area (Å²) in [6.45, 7) is 1.14. The second kappa shape index (κ2) is 15.0. The molecule has 0 saturated carbocycles. The molecule has 67 heavy (non-hydrogen) atoms. The molecule has 3 N–H and O–H groups in total. The normalized spacial score (nSPS) is 18.4. The number of hydrogen-bond donors (Lipinski definition) is 3. The molecule has 0 bridgehead atoms. The smallest absolute Gasteiger partial charge is 0.255 e. The van der Waals surface area contributed by atoms with E-state index < -0.39 is 23.9 Å². The van der Waals surface area contributed by atoms with E-state index in [9.17, 15) is 28.8 Å². The molecule has 0 radical (unpaired) electrons. The Bertz CT molecular complexity index is 3270. The van der Waals surface area contributed by atoms with Crippen molar-refractivity contribution in [1.82, 2.24) is 54.1 Å². The van der Waals surface area contributed by atoms with E-state index in [1.165, 1.54) is 0 Å². The molecule has 6 amide bonds. The van der Waals surface area contributed by atoms with Crippen molar-refractivity contribution < 1.29 is 28.8 Å². The van der Waals surface area contributed by atoms with Gasteiger partial charge in [0.2, 0.25) is 23.6 Å². The lowest BCUT2D eigenvalue weighted by atomic mass is 10.00. The van der Waals surface area contributed by atoms with E-state index >= 15 is 0 Å². The lowest BCUT2D eigenvalue weighted by Crippen LogP contribution is -2.52. The zero-order valence-corrected chi connectivity index (χ0v) is 36.4. The number of amides is 6. The van der Waals surface area contributed by atoms with Gasteiger partial charge in [0.15, 0.2) is 0 Å². The predicted octanol–water partition coefficient (Wildman–Crippen LogP) is 5.22. The first kappa shape index (κ1) is 40.1. The molecule has 2 fully saturated rings. The first-order chi connectivity index (χ1) is 32.5. The van der Waals surface area contributed by atoms with Crippen LogP contribution in [0.15, 0.2) is 98.0 Å². The average Bonchev–Trinajstić information content (AvgIpc) is 4.19. The van der Waals surface area contributed by atoms with Crippen LogP contribution in [0, 0.1) is 0 Å². The van der Waals surface area contributed by atoms with E-state index in [-0.39, 0.29) is 49.6 Å². The number of hydrogen-bond acceptors (Lipinski definition) is 9. The molecule has 4 aliphatic heterocycles. The first-order valence-corrected chi connectivity index (χ1v) is 22.1. The Balaban J connectivity index is 0.781. The lowest BCUT2D eigenvalue weighted by Gasteiger charge is -2.29. The summed E-state index contributed by atoms with van der Waals surface area (Å²) < 4.78 is 6.09. The van der Waals surface area contributed by atoms with Gasteiger partial charge in [0.1, 0.15) is 12.1 Å². The number of fused-ring (bicyclic) bond motifs is 4. The Morgan fingerprint density at radius 3 is 1.70 bits per heavy atom. The topological polar surface area (TPSA) is 202 Å². The zero-order valence-electron chi connectivity index (χ0n) is 36.4. The van der Waals surface area contributed by atoms with Crippen LogP contribution < -0.4 is 10.6 Å². The zero-order chi connectivity index (χ0) is 45.8. The molecule has 0 aliphatic carbocycles. The van der Waals surface area contributed by atoms with Gasteiger partial charge in [-0.1, -0.05) is 30.3 Å². The van der Waals surface area contributed by atoms with E-state index in [2.05, 4.69) is 56.6 Å². The van der Waals surface area contributed by atoms with Crippen LogP contribution in [0.1, 0.15) is 63.1 Å². The largest absolute Gasteiger partial charge is 0.361 e. The van der Waals surface area contributed by atoms with Gasteiger partial charge in [-0.25, -0.2) is 15.0 Å². The molecule has 4 aromatic carbocycles. The minimum atomic E-state index is -0.683. The van der Waals surface area contributed by atoms with Crippen LogP contribution in [0.25, 0.3) is 67.0 Å². The fraction of sp³-hybridized carbons (Fsp3) is 0.220. The maximum absolute atomic E-state index is 13.4. The third-order valence-electron chi connectivity index (χ3n) is 13.7. The number of nitrogens with one attached hydrogen (secondary N) is 3. The standard InChI is InChI=1S/C50H41N11O6/c1-57-23-53-43(26-3-8-34-30(15-26)21-60(49(34)66)39-11-13-41(62)55-47(39)64)45(57)28-5-7-33-32(19-51-36(33)17-28)20-59-25-52-37-18-29(6-10-38(37)59)46-44(54-24-58(46)2)27-4-9-35-31(16-27)22-61(50(35)67)40-12-14-42(63)56-48(40)65/h3-10,15-19,23-25,39-40,51H,11-14,20-22H2,1-2H3,(H,55,62,64)(H,56,63,65). The van der Waals surface area contributed by atoms with Crippen LogP contribution >= 0.6 is 0 Å². The van der Waals surface area contributed by atoms with Crippen LogP contribution in [0.5, 0.6) is 0 Å². The number of carbonyl (C=O) groups excluding carboxylic acids is 6. The van der Waals surface area contributed by atoms with Gasteiger partial charge >= 0.3 is 0 Å². The van der Waals surface area contributed by atoms with Crippen molar-refractivity contribution in [2.45, 2.75) is 57.4 Å². The Morgan fingerprint density at radius 1 is 0.597 bits per heavy atom. The molecule has 17 nitrogen and oxygen atoms in total. The molecule has 4 aliphatic rings. The number of aromatic amines is 1. The summed E-state index contributed by atoms with van der Waals surface area (Å²) in [6.07, 6.45) is 8.45. The van der Waals surface area contributed by atoms with E-state index in [0.29, 0.717) is 30.5 Å². The Hall–Kier alpha value is -8.47. The maximum atomic E-state index is 13.4. The number of imidazole rings is 3. The van der Waals surface area contributed by atoms with Crippen LogP contribution in [-0.4, -0.2) is 91.0 Å². The summed E-state index contributed by atoms with van der Waals surface area (Å²) in [5, 5.41) is 5.81. The molecule has 2 atom stereocenters. The monoisotopic (exact) mass is 891 g/mol. The number of H-pyrrole nitrogens is 1. The van der Waals surface area contributed by atoms with Gasteiger partial charge in [-0.2, -0.15) is 0 Å². The molecule has 0 spiro atoms. The third-order valence-corrected chi connectivity index (χ3v) is 13.7. The van der Waals surface area contributed by atoms with Gasteiger partial charge in [0.25, 0.3) is 11.8 Å². The van der Waals surface area contributed by atoms with Crippen molar-refractivity contribution in [2.24, 2.45) is 14.1 Å². The molecule has 2 saturated heterocycles. The summed E-state index contributed by atoms with van der Waals surface area (Å²) in [5.41, 5.74) is 13.5. The minimum absolute atomic E-state index is 0.199. The third kappa shape index (κ3) is 6.47. The van der Waals surface area contributed by atoms with E-state index in [1.807, 2.05) is 60.0 Å². The van der Waals surface area contributed by atoms with Crippen LogP contribution in [0.3, 0.4) is 0 Å².